The number of hydrogen-bond donors (Lipinski definition) is 1. The summed E-state index contributed by atoms with van der Waals surface area (Å²) in [5.74, 6) is 0.182. The van der Waals surface area contributed by atoms with Gasteiger partial charge in [0.05, 0.1) is 23.6 Å². The number of sulfonamides is 1. The van der Waals surface area contributed by atoms with Crippen LogP contribution in [0, 0.1) is 18.3 Å². The Kier molecular flexibility index (Phi) is 6.62. The Morgan fingerprint density at radius 2 is 1.89 bits per heavy atom. The molecule has 0 aliphatic heterocycles. The maximum atomic E-state index is 12.4. The smallest absolute Gasteiger partial charge is 0.262 e. The van der Waals surface area contributed by atoms with Gasteiger partial charge in [-0.15, -0.1) is 0 Å². The van der Waals surface area contributed by atoms with Gasteiger partial charge >= 0.3 is 0 Å². The lowest BCUT2D eigenvalue weighted by Gasteiger charge is -2.15. The van der Waals surface area contributed by atoms with Gasteiger partial charge in [0.25, 0.3) is 5.91 Å². The molecule has 0 saturated heterocycles. The number of hydrogen-bond acceptors (Lipinski definition) is 6. The molecule has 0 radical (unpaired) electrons. The molecule has 0 heterocycles. The highest BCUT2D eigenvalue weighted by Gasteiger charge is 2.20. The molecule has 0 fully saturated rings. The average molecular weight is 403 g/mol. The van der Waals surface area contributed by atoms with Gasteiger partial charge in [0.2, 0.25) is 10.0 Å². The third-order valence-corrected chi connectivity index (χ3v) is 5.84. The predicted molar refractivity (Wildman–Crippen MR) is 104 cm³/mol. The van der Waals surface area contributed by atoms with Crippen molar-refractivity contribution < 1.29 is 22.7 Å². The third kappa shape index (κ3) is 4.79. The predicted octanol–water partition coefficient (Wildman–Crippen LogP) is 2.14. The first-order valence-electron chi connectivity index (χ1n) is 8.23. The number of ether oxygens (including phenoxy) is 2. The number of nitrogens with one attached hydrogen (secondary N) is 1. The Morgan fingerprint density at radius 3 is 2.50 bits per heavy atom. The standard InChI is InChI=1S/C19H21N3O5S/c1-13-5-7-15(10-18(13)28(24,25)22(2)3)21-19(23)12-27-16-8-6-14(11-20)9-17(16)26-4/h5-10H,12H2,1-4H3,(H,21,23). The van der Waals surface area contributed by atoms with Gasteiger partial charge in [-0.25, -0.2) is 12.7 Å². The van der Waals surface area contributed by atoms with Gasteiger partial charge in [0.15, 0.2) is 18.1 Å². The second kappa shape index (κ2) is 8.73. The molecule has 2 rings (SSSR count). The molecule has 0 bridgehead atoms. The zero-order valence-corrected chi connectivity index (χ0v) is 16.8. The monoisotopic (exact) mass is 403 g/mol. The van der Waals surface area contributed by atoms with Crippen LogP contribution in [0.5, 0.6) is 11.5 Å². The van der Waals surface area contributed by atoms with Gasteiger partial charge in [0, 0.05) is 25.8 Å². The number of carbonyl (C=O) groups is 1. The zero-order chi connectivity index (χ0) is 20.9. The molecule has 0 saturated carbocycles. The number of aryl methyl sites for hydroxylation is 1. The molecule has 1 N–H and O–H groups in total. The second-order valence-corrected chi connectivity index (χ2v) is 8.20. The van der Waals surface area contributed by atoms with E-state index in [9.17, 15) is 13.2 Å². The van der Waals surface area contributed by atoms with Crippen molar-refractivity contribution in [2.24, 2.45) is 0 Å². The van der Waals surface area contributed by atoms with Crippen LogP contribution in [0.25, 0.3) is 0 Å². The van der Waals surface area contributed by atoms with Crippen LogP contribution in [-0.4, -0.2) is 46.4 Å². The maximum Gasteiger partial charge on any atom is 0.262 e. The van der Waals surface area contributed by atoms with Gasteiger partial charge in [-0.2, -0.15) is 5.26 Å². The van der Waals surface area contributed by atoms with Crippen molar-refractivity contribution in [3.8, 4) is 17.6 Å². The highest BCUT2D eigenvalue weighted by atomic mass is 32.2. The molecule has 0 aromatic heterocycles. The third-order valence-electron chi connectivity index (χ3n) is 3.88. The van der Waals surface area contributed by atoms with Crippen LogP contribution in [0.15, 0.2) is 41.3 Å². The van der Waals surface area contributed by atoms with Crippen molar-refractivity contribution in [1.82, 2.24) is 4.31 Å². The minimum absolute atomic E-state index is 0.116. The number of amides is 1. The molecule has 0 atom stereocenters. The molecule has 9 heteroatoms. The summed E-state index contributed by atoms with van der Waals surface area (Å²) in [7, 11) is 0.691. The Hall–Kier alpha value is -3.09. The molecule has 1 amide bonds. The zero-order valence-electron chi connectivity index (χ0n) is 16.0. The summed E-state index contributed by atoms with van der Waals surface area (Å²) in [6, 6.07) is 11.2. The summed E-state index contributed by atoms with van der Waals surface area (Å²) in [5, 5.41) is 11.5. The van der Waals surface area contributed by atoms with Crippen molar-refractivity contribution in [1.29, 1.82) is 5.26 Å². The van der Waals surface area contributed by atoms with E-state index in [1.807, 2.05) is 6.07 Å². The number of carbonyl (C=O) groups excluding carboxylic acids is 1. The lowest BCUT2D eigenvalue weighted by molar-refractivity contribution is -0.118. The first-order chi connectivity index (χ1) is 13.2. The van der Waals surface area contributed by atoms with Crippen LogP contribution >= 0.6 is 0 Å². The van der Waals surface area contributed by atoms with E-state index in [2.05, 4.69) is 5.32 Å². The molecular weight excluding hydrogens is 382 g/mol. The van der Waals surface area contributed by atoms with E-state index in [-0.39, 0.29) is 11.5 Å². The van der Waals surface area contributed by atoms with Crippen LogP contribution < -0.4 is 14.8 Å². The quantitative estimate of drug-likeness (QED) is 0.759. The minimum Gasteiger partial charge on any atom is -0.493 e. The number of methoxy groups -OCH3 is 1. The Labute approximate surface area is 164 Å². The Balaban J connectivity index is 2.11. The molecule has 28 heavy (non-hydrogen) atoms. The summed E-state index contributed by atoms with van der Waals surface area (Å²) in [5.41, 5.74) is 1.32. The summed E-state index contributed by atoms with van der Waals surface area (Å²) >= 11 is 0. The molecule has 2 aromatic carbocycles. The van der Waals surface area contributed by atoms with Crippen LogP contribution in [0.1, 0.15) is 11.1 Å². The van der Waals surface area contributed by atoms with E-state index in [1.54, 1.807) is 25.1 Å². The first kappa shape index (κ1) is 21.2. The first-order valence-corrected chi connectivity index (χ1v) is 9.67. The highest BCUT2D eigenvalue weighted by Crippen LogP contribution is 2.28. The Morgan fingerprint density at radius 1 is 1.18 bits per heavy atom. The molecule has 2 aromatic rings. The van der Waals surface area contributed by atoms with Crippen molar-refractivity contribution >= 4 is 21.6 Å². The fourth-order valence-electron chi connectivity index (χ4n) is 2.35. The number of nitriles is 1. The van der Waals surface area contributed by atoms with E-state index in [1.165, 1.54) is 39.4 Å². The number of rotatable bonds is 7. The lowest BCUT2D eigenvalue weighted by Crippen LogP contribution is -2.24. The normalized spacial score (nSPS) is 11.0. The molecule has 8 nitrogen and oxygen atoms in total. The topological polar surface area (TPSA) is 109 Å². The second-order valence-electron chi connectivity index (χ2n) is 6.08. The number of anilines is 1. The van der Waals surface area contributed by atoms with Crippen molar-refractivity contribution in [3.63, 3.8) is 0 Å². The molecule has 0 aliphatic rings. The summed E-state index contributed by atoms with van der Waals surface area (Å²) < 4.78 is 36.5. The molecule has 148 valence electrons. The van der Waals surface area contributed by atoms with Gasteiger partial charge in [-0.1, -0.05) is 6.07 Å². The van der Waals surface area contributed by atoms with E-state index < -0.39 is 15.9 Å². The average Bonchev–Trinajstić information content (AvgIpc) is 2.67. The number of benzene rings is 2. The van der Waals surface area contributed by atoms with Crippen molar-refractivity contribution in [2.45, 2.75) is 11.8 Å². The van der Waals surface area contributed by atoms with Gasteiger partial charge in [-0.05, 0) is 36.8 Å². The Bertz CT molecular complexity index is 1030. The van der Waals surface area contributed by atoms with Crippen LogP contribution in [0.4, 0.5) is 5.69 Å². The van der Waals surface area contributed by atoms with E-state index in [4.69, 9.17) is 14.7 Å². The highest BCUT2D eigenvalue weighted by molar-refractivity contribution is 7.89. The molecule has 0 aliphatic carbocycles. The van der Waals surface area contributed by atoms with Gasteiger partial charge in [-0.3, -0.25) is 4.79 Å². The van der Waals surface area contributed by atoms with Gasteiger partial charge in [0.1, 0.15) is 0 Å². The van der Waals surface area contributed by atoms with Crippen LogP contribution in [0.2, 0.25) is 0 Å². The lowest BCUT2D eigenvalue weighted by atomic mass is 10.2. The summed E-state index contributed by atoms with van der Waals surface area (Å²) in [6.07, 6.45) is 0. The molecule has 0 unspecified atom stereocenters. The fraction of sp³-hybridized carbons (Fsp3) is 0.263. The van der Waals surface area contributed by atoms with Gasteiger partial charge < -0.3 is 14.8 Å². The molecular formula is C19H21N3O5S. The van der Waals surface area contributed by atoms with Crippen LogP contribution in [0.3, 0.4) is 0 Å². The van der Waals surface area contributed by atoms with E-state index in [0.717, 1.165) is 4.31 Å². The van der Waals surface area contributed by atoms with Crippen molar-refractivity contribution in [3.05, 3.63) is 47.5 Å². The maximum absolute atomic E-state index is 12.4. The summed E-state index contributed by atoms with van der Waals surface area (Å²) in [6.45, 7) is 1.37. The van der Waals surface area contributed by atoms with E-state index >= 15 is 0 Å². The largest absolute Gasteiger partial charge is 0.493 e. The van der Waals surface area contributed by atoms with Crippen molar-refractivity contribution in [2.75, 3.05) is 33.1 Å². The number of nitrogens with zero attached hydrogens (tertiary/aromatic N) is 2. The SMILES string of the molecule is COc1cc(C#N)ccc1OCC(=O)Nc1ccc(C)c(S(=O)(=O)N(C)C)c1. The summed E-state index contributed by atoms with van der Waals surface area (Å²) in [4.78, 5) is 12.3. The van der Waals surface area contributed by atoms with E-state index in [0.29, 0.717) is 28.3 Å². The van der Waals surface area contributed by atoms with Crippen LogP contribution in [-0.2, 0) is 14.8 Å². The minimum atomic E-state index is -3.63. The molecule has 0 spiro atoms. The fourth-order valence-corrected chi connectivity index (χ4v) is 3.49.